The molecule has 0 radical (unpaired) electrons. The van der Waals surface area contributed by atoms with Crippen molar-refractivity contribution in [1.29, 1.82) is 0 Å². The molecule has 0 atom stereocenters. The summed E-state index contributed by atoms with van der Waals surface area (Å²) in [5.74, 6) is 0. The van der Waals surface area contributed by atoms with Crippen LogP contribution in [0.4, 0.5) is 5.00 Å². The van der Waals surface area contributed by atoms with E-state index in [9.17, 15) is 4.79 Å². The number of rotatable bonds is 4. The van der Waals surface area contributed by atoms with Crippen LogP contribution in [0.3, 0.4) is 0 Å². The van der Waals surface area contributed by atoms with Crippen LogP contribution in [-0.4, -0.2) is 6.08 Å². The Kier molecular flexibility index (Phi) is 3.65. The maximum atomic E-state index is 10.2. The number of hydrogen-bond acceptors (Lipinski definition) is 3. The van der Waals surface area contributed by atoms with E-state index >= 15 is 0 Å². The van der Waals surface area contributed by atoms with E-state index in [0.717, 1.165) is 23.4 Å². The van der Waals surface area contributed by atoms with Crippen LogP contribution in [0.5, 0.6) is 0 Å². The van der Waals surface area contributed by atoms with Gasteiger partial charge in [-0.3, -0.25) is 0 Å². The highest BCUT2D eigenvalue weighted by Crippen LogP contribution is 2.27. The molecule has 0 aliphatic heterocycles. The summed E-state index contributed by atoms with van der Waals surface area (Å²) in [6.07, 6.45) is 3.48. The van der Waals surface area contributed by atoms with E-state index in [1.807, 2.05) is 29.6 Å². The van der Waals surface area contributed by atoms with Gasteiger partial charge in [0.05, 0.1) is 0 Å². The van der Waals surface area contributed by atoms with Crippen molar-refractivity contribution in [2.75, 3.05) is 0 Å². The third-order valence-corrected chi connectivity index (χ3v) is 3.25. The van der Waals surface area contributed by atoms with Gasteiger partial charge in [0.2, 0.25) is 6.08 Å². The lowest BCUT2D eigenvalue weighted by atomic mass is 10.1. The Morgan fingerprint density at radius 2 is 1.94 bits per heavy atom. The van der Waals surface area contributed by atoms with Gasteiger partial charge in [-0.15, -0.1) is 11.3 Å². The lowest BCUT2D eigenvalue weighted by Gasteiger charge is -2.00. The zero-order chi connectivity index (χ0) is 11.2. The predicted octanol–water partition coefficient (Wildman–Crippen LogP) is 3.50. The molecule has 2 rings (SSSR count). The van der Waals surface area contributed by atoms with Gasteiger partial charge in [0, 0.05) is 0 Å². The van der Waals surface area contributed by atoms with Crippen molar-refractivity contribution < 1.29 is 4.79 Å². The number of aryl methyl sites for hydroxylation is 2. The number of hydrogen-bond donors (Lipinski definition) is 0. The van der Waals surface area contributed by atoms with Crippen LogP contribution in [0.1, 0.15) is 11.1 Å². The number of carbonyl (C=O) groups excluding carboxylic acids is 1. The Balaban J connectivity index is 2.05. The molecule has 80 valence electrons. The maximum Gasteiger partial charge on any atom is 0.241 e. The van der Waals surface area contributed by atoms with Gasteiger partial charge in [-0.25, -0.2) is 4.79 Å². The van der Waals surface area contributed by atoms with Gasteiger partial charge >= 0.3 is 0 Å². The average Bonchev–Trinajstić information content (AvgIpc) is 2.76. The Morgan fingerprint density at radius 3 is 2.69 bits per heavy atom. The summed E-state index contributed by atoms with van der Waals surface area (Å²) in [5.41, 5.74) is 2.42. The SMILES string of the molecule is O=C=Nc1sccc1CCc1ccccc1. The van der Waals surface area contributed by atoms with Crippen molar-refractivity contribution in [2.24, 2.45) is 4.99 Å². The fourth-order valence-electron chi connectivity index (χ4n) is 1.58. The fraction of sp³-hybridized carbons (Fsp3) is 0.154. The largest absolute Gasteiger partial charge is 0.241 e. The van der Waals surface area contributed by atoms with Gasteiger partial charge in [0.25, 0.3) is 0 Å². The van der Waals surface area contributed by atoms with Gasteiger partial charge in [-0.05, 0) is 35.4 Å². The van der Waals surface area contributed by atoms with Crippen molar-refractivity contribution in [3.05, 3.63) is 52.9 Å². The van der Waals surface area contributed by atoms with Gasteiger partial charge in [-0.1, -0.05) is 30.3 Å². The molecule has 0 bridgehead atoms. The minimum absolute atomic E-state index is 0.783. The summed E-state index contributed by atoms with van der Waals surface area (Å²) in [6, 6.07) is 12.3. The van der Waals surface area contributed by atoms with Crippen molar-refractivity contribution in [1.82, 2.24) is 0 Å². The quantitative estimate of drug-likeness (QED) is 0.582. The molecule has 0 spiro atoms. The number of benzene rings is 1. The summed E-state index contributed by atoms with van der Waals surface area (Å²) >= 11 is 1.48. The molecule has 2 nitrogen and oxygen atoms in total. The molecule has 0 saturated carbocycles. The molecule has 0 fully saturated rings. The fourth-order valence-corrected chi connectivity index (χ4v) is 2.35. The first-order valence-corrected chi connectivity index (χ1v) is 5.96. The molecule has 1 heterocycles. The van der Waals surface area contributed by atoms with Crippen LogP contribution < -0.4 is 0 Å². The molecular formula is C13H11NOS. The monoisotopic (exact) mass is 229 g/mol. The maximum absolute atomic E-state index is 10.2. The minimum Gasteiger partial charge on any atom is -0.211 e. The van der Waals surface area contributed by atoms with Gasteiger partial charge in [0.1, 0.15) is 5.00 Å². The highest BCUT2D eigenvalue weighted by Gasteiger charge is 2.03. The molecule has 0 unspecified atom stereocenters. The molecule has 0 aliphatic rings. The predicted molar refractivity (Wildman–Crippen MR) is 66.0 cm³/mol. The van der Waals surface area contributed by atoms with Gasteiger partial charge in [-0.2, -0.15) is 4.99 Å². The van der Waals surface area contributed by atoms with Crippen molar-refractivity contribution in [3.8, 4) is 0 Å². The van der Waals surface area contributed by atoms with Crippen LogP contribution in [0, 0.1) is 0 Å². The van der Waals surface area contributed by atoms with Gasteiger partial charge < -0.3 is 0 Å². The lowest BCUT2D eigenvalue weighted by Crippen LogP contribution is -1.89. The molecule has 0 saturated heterocycles. The molecule has 0 aliphatic carbocycles. The van der Waals surface area contributed by atoms with Crippen LogP contribution in [0.2, 0.25) is 0 Å². The molecule has 16 heavy (non-hydrogen) atoms. The van der Waals surface area contributed by atoms with E-state index in [2.05, 4.69) is 17.1 Å². The topological polar surface area (TPSA) is 29.4 Å². The molecule has 1 aromatic carbocycles. The summed E-state index contributed by atoms with van der Waals surface area (Å²) in [4.78, 5) is 13.9. The van der Waals surface area contributed by atoms with E-state index in [1.54, 1.807) is 6.08 Å². The number of thiophene rings is 1. The van der Waals surface area contributed by atoms with Crippen LogP contribution in [0.25, 0.3) is 0 Å². The van der Waals surface area contributed by atoms with Crippen molar-refractivity contribution in [3.63, 3.8) is 0 Å². The first-order valence-electron chi connectivity index (χ1n) is 5.08. The summed E-state index contributed by atoms with van der Waals surface area (Å²) in [6.45, 7) is 0. The highest BCUT2D eigenvalue weighted by atomic mass is 32.1. The Bertz CT molecular complexity index is 498. The smallest absolute Gasteiger partial charge is 0.211 e. The van der Waals surface area contributed by atoms with Gasteiger partial charge in [0.15, 0.2) is 0 Å². The van der Waals surface area contributed by atoms with Crippen LogP contribution in [-0.2, 0) is 17.6 Å². The van der Waals surface area contributed by atoms with E-state index in [0.29, 0.717) is 0 Å². The standard InChI is InChI=1S/C13H11NOS/c15-10-14-13-12(8-9-16-13)7-6-11-4-2-1-3-5-11/h1-5,8-9H,6-7H2. The Hall–Kier alpha value is -1.70. The summed E-state index contributed by atoms with van der Waals surface area (Å²) in [5, 5.41) is 2.74. The van der Waals surface area contributed by atoms with E-state index in [4.69, 9.17) is 0 Å². The van der Waals surface area contributed by atoms with E-state index in [-0.39, 0.29) is 0 Å². The average molecular weight is 229 g/mol. The molecular weight excluding hydrogens is 218 g/mol. The Labute approximate surface area is 98.3 Å². The van der Waals surface area contributed by atoms with Crippen LogP contribution >= 0.6 is 11.3 Å². The van der Waals surface area contributed by atoms with Crippen molar-refractivity contribution >= 4 is 22.4 Å². The molecule has 2 aromatic rings. The molecule has 1 aromatic heterocycles. The number of aliphatic imine (C=N–C) groups is 1. The summed E-state index contributed by atoms with van der Waals surface area (Å²) < 4.78 is 0. The zero-order valence-corrected chi connectivity index (χ0v) is 9.54. The number of nitrogens with zero attached hydrogens (tertiary/aromatic N) is 1. The molecule has 0 N–H and O–H groups in total. The number of isocyanates is 1. The van der Waals surface area contributed by atoms with Crippen LogP contribution in [0.15, 0.2) is 46.8 Å². The second kappa shape index (κ2) is 5.40. The van der Waals surface area contributed by atoms with Crippen molar-refractivity contribution in [2.45, 2.75) is 12.8 Å². The molecule has 3 heteroatoms. The second-order valence-electron chi connectivity index (χ2n) is 3.44. The van der Waals surface area contributed by atoms with E-state index < -0.39 is 0 Å². The Morgan fingerprint density at radius 1 is 1.12 bits per heavy atom. The second-order valence-corrected chi connectivity index (χ2v) is 4.33. The third kappa shape index (κ3) is 2.66. The molecule has 0 amide bonds. The highest BCUT2D eigenvalue weighted by molar-refractivity contribution is 7.14. The van der Waals surface area contributed by atoms with E-state index in [1.165, 1.54) is 16.9 Å². The normalized spacial score (nSPS) is 9.75. The first-order chi connectivity index (χ1) is 7.90. The minimum atomic E-state index is 0.783. The first kappa shape index (κ1) is 10.8. The summed E-state index contributed by atoms with van der Waals surface area (Å²) in [7, 11) is 0. The zero-order valence-electron chi connectivity index (χ0n) is 8.72. The third-order valence-electron chi connectivity index (χ3n) is 2.40. The lowest BCUT2D eigenvalue weighted by molar-refractivity contribution is 0.565.